The van der Waals surface area contributed by atoms with Gasteiger partial charge in [0.25, 0.3) is 0 Å². The Labute approximate surface area is 178 Å². The summed E-state index contributed by atoms with van der Waals surface area (Å²) in [6.45, 7) is 7.80. The lowest BCUT2D eigenvalue weighted by atomic mass is 9.73. The number of nitrogens with zero attached hydrogens (tertiary/aromatic N) is 1. The molecule has 2 aromatic rings. The number of benzene rings is 1. The maximum Gasteiger partial charge on any atom is 0.127 e. The van der Waals surface area contributed by atoms with E-state index in [1.807, 2.05) is 6.20 Å². The second-order valence-corrected chi connectivity index (χ2v) is 8.85. The largest absolute Gasteiger partial charge is 0.493 e. The Bertz CT molecular complexity index is 733. The topological polar surface area (TPSA) is 22.1 Å². The normalized spacial score (nSPS) is 20.4. The molecule has 3 rings (SSSR count). The fourth-order valence-electron chi connectivity index (χ4n) is 4.89. The summed E-state index contributed by atoms with van der Waals surface area (Å²) in [5.74, 6) is 3.25. The van der Waals surface area contributed by atoms with Crippen molar-refractivity contribution in [1.82, 2.24) is 4.98 Å². The van der Waals surface area contributed by atoms with E-state index < -0.39 is 0 Å². The van der Waals surface area contributed by atoms with Crippen LogP contribution in [0.2, 0.25) is 0 Å². The molecule has 2 nitrogen and oxygen atoms in total. The van der Waals surface area contributed by atoms with Crippen LogP contribution in [0.5, 0.6) is 5.75 Å². The molecule has 29 heavy (non-hydrogen) atoms. The van der Waals surface area contributed by atoms with E-state index in [9.17, 15) is 0 Å². The molecule has 0 radical (unpaired) electrons. The number of pyridine rings is 1. The maximum absolute atomic E-state index is 6.23. The van der Waals surface area contributed by atoms with Gasteiger partial charge in [0.05, 0.1) is 6.61 Å². The summed E-state index contributed by atoms with van der Waals surface area (Å²) in [5.41, 5.74) is 3.90. The molecule has 1 unspecified atom stereocenters. The van der Waals surface area contributed by atoms with Gasteiger partial charge in [-0.3, -0.25) is 4.98 Å². The zero-order valence-corrected chi connectivity index (χ0v) is 18.7. The Morgan fingerprint density at radius 1 is 0.966 bits per heavy atom. The number of aromatic nitrogens is 1. The van der Waals surface area contributed by atoms with Crippen LogP contribution in [0.25, 0.3) is 11.1 Å². The number of para-hydroxylation sites is 1. The fourth-order valence-corrected chi connectivity index (χ4v) is 4.89. The minimum Gasteiger partial charge on any atom is -0.493 e. The molecule has 1 heterocycles. The maximum atomic E-state index is 6.23. The lowest BCUT2D eigenvalue weighted by Crippen LogP contribution is -2.19. The minimum absolute atomic E-state index is 0.536. The molecular weight excluding hydrogens is 354 g/mol. The highest BCUT2D eigenvalue weighted by atomic mass is 16.5. The van der Waals surface area contributed by atoms with Crippen molar-refractivity contribution in [2.75, 3.05) is 6.61 Å². The Morgan fingerprint density at radius 3 is 2.52 bits per heavy atom. The van der Waals surface area contributed by atoms with Crippen LogP contribution in [0.1, 0.15) is 90.0 Å². The molecule has 0 bridgehead atoms. The molecule has 1 fully saturated rings. The van der Waals surface area contributed by atoms with Gasteiger partial charge in [-0.05, 0) is 60.3 Å². The second kappa shape index (κ2) is 11.4. The number of hydrogen-bond donors (Lipinski definition) is 0. The van der Waals surface area contributed by atoms with E-state index >= 15 is 0 Å². The summed E-state index contributed by atoms with van der Waals surface area (Å²) in [6, 6.07) is 10.7. The van der Waals surface area contributed by atoms with Gasteiger partial charge in [-0.1, -0.05) is 77.5 Å². The first-order chi connectivity index (χ1) is 14.2. The van der Waals surface area contributed by atoms with Gasteiger partial charge in [-0.15, -0.1) is 0 Å². The number of ether oxygens (including phenoxy) is 1. The highest BCUT2D eigenvalue weighted by Crippen LogP contribution is 2.42. The van der Waals surface area contributed by atoms with Crippen molar-refractivity contribution >= 4 is 0 Å². The quantitative estimate of drug-likeness (QED) is 0.381. The van der Waals surface area contributed by atoms with Gasteiger partial charge in [0.1, 0.15) is 5.75 Å². The van der Waals surface area contributed by atoms with Crippen LogP contribution in [-0.2, 0) is 0 Å². The van der Waals surface area contributed by atoms with Crippen molar-refractivity contribution in [3.05, 3.63) is 48.3 Å². The molecule has 0 saturated heterocycles. The summed E-state index contributed by atoms with van der Waals surface area (Å²) >= 11 is 0. The van der Waals surface area contributed by atoms with Crippen LogP contribution >= 0.6 is 0 Å². The summed E-state index contributed by atoms with van der Waals surface area (Å²) in [7, 11) is 0. The number of rotatable bonds is 10. The van der Waals surface area contributed by atoms with Crippen LogP contribution in [0.4, 0.5) is 0 Å². The Hall–Kier alpha value is -1.83. The molecule has 1 atom stereocenters. The smallest absolute Gasteiger partial charge is 0.127 e. The molecule has 1 aliphatic carbocycles. The lowest BCUT2D eigenvalue weighted by molar-refractivity contribution is 0.244. The number of hydrogen-bond acceptors (Lipinski definition) is 2. The van der Waals surface area contributed by atoms with Crippen LogP contribution < -0.4 is 4.74 Å². The van der Waals surface area contributed by atoms with Gasteiger partial charge in [0.2, 0.25) is 0 Å². The van der Waals surface area contributed by atoms with E-state index in [0.717, 1.165) is 30.6 Å². The van der Waals surface area contributed by atoms with E-state index in [1.165, 1.54) is 68.1 Å². The molecule has 0 N–H and O–H groups in total. The zero-order chi connectivity index (χ0) is 20.5. The monoisotopic (exact) mass is 393 g/mol. The summed E-state index contributed by atoms with van der Waals surface area (Å²) in [5, 5.41) is 0. The standard InChI is InChI=1S/C27H39NO/c1-4-6-7-10-19-29-27-12-9-8-11-25(27)24-17-18-28-20-26(24)21(3)23-15-13-22(5-2)14-16-23/h8-9,11-12,17-18,20-23H,4-7,10,13-16,19H2,1-3H3. The highest BCUT2D eigenvalue weighted by molar-refractivity contribution is 5.73. The van der Waals surface area contributed by atoms with Crippen LogP contribution in [0.3, 0.4) is 0 Å². The van der Waals surface area contributed by atoms with Crippen molar-refractivity contribution in [2.45, 2.75) is 84.5 Å². The highest BCUT2D eigenvalue weighted by Gasteiger charge is 2.27. The summed E-state index contributed by atoms with van der Waals surface area (Å²) in [4.78, 5) is 4.50. The SMILES string of the molecule is CCCCCCOc1ccccc1-c1ccncc1C(C)C1CCC(CC)CC1. The van der Waals surface area contributed by atoms with Gasteiger partial charge in [0.15, 0.2) is 0 Å². The van der Waals surface area contributed by atoms with Crippen molar-refractivity contribution in [1.29, 1.82) is 0 Å². The Kier molecular flexibility index (Phi) is 8.58. The van der Waals surface area contributed by atoms with Crippen LogP contribution in [-0.4, -0.2) is 11.6 Å². The average Bonchev–Trinajstić information content (AvgIpc) is 2.79. The molecule has 1 saturated carbocycles. The van der Waals surface area contributed by atoms with Gasteiger partial charge >= 0.3 is 0 Å². The molecule has 0 spiro atoms. The minimum atomic E-state index is 0.536. The van der Waals surface area contributed by atoms with Gasteiger partial charge in [-0.25, -0.2) is 0 Å². The van der Waals surface area contributed by atoms with E-state index in [-0.39, 0.29) is 0 Å². The van der Waals surface area contributed by atoms with Crippen molar-refractivity contribution in [2.24, 2.45) is 11.8 Å². The summed E-state index contributed by atoms with van der Waals surface area (Å²) < 4.78 is 6.23. The molecule has 1 aromatic carbocycles. The molecule has 2 heteroatoms. The van der Waals surface area contributed by atoms with Gasteiger partial charge in [-0.2, -0.15) is 0 Å². The molecule has 1 aromatic heterocycles. The van der Waals surface area contributed by atoms with Crippen LogP contribution in [0.15, 0.2) is 42.7 Å². The first-order valence-corrected chi connectivity index (χ1v) is 11.9. The summed E-state index contributed by atoms with van der Waals surface area (Å²) in [6.07, 6.45) is 15.8. The third kappa shape index (κ3) is 5.84. The van der Waals surface area contributed by atoms with Crippen molar-refractivity contribution in [3.63, 3.8) is 0 Å². The van der Waals surface area contributed by atoms with E-state index in [0.29, 0.717) is 5.92 Å². The molecule has 0 aliphatic heterocycles. The zero-order valence-electron chi connectivity index (χ0n) is 18.7. The molecule has 158 valence electrons. The first kappa shape index (κ1) is 21.9. The van der Waals surface area contributed by atoms with Gasteiger partial charge < -0.3 is 4.74 Å². The van der Waals surface area contributed by atoms with Crippen molar-refractivity contribution < 1.29 is 4.74 Å². The van der Waals surface area contributed by atoms with Crippen LogP contribution in [0, 0.1) is 11.8 Å². The van der Waals surface area contributed by atoms with Crippen molar-refractivity contribution in [3.8, 4) is 16.9 Å². The predicted molar refractivity (Wildman–Crippen MR) is 123 cm³/mol. The third-order valence-electron chi connectivity index (χ3n) is 6.95. The second-order valence-electron chi connectivity index (χ2n) is 8.85. The van der Waals surface area contributed by atoms with E-state index in [2.05, 4.69) is 62.3 Å². The Balaban J connectivity index is 1.77. The fraction of sp³-hybridized carbons (Fsp3) is 0.593. The van der Waals surface area contributed by atoms with E-state index in [4.69, 9.17) is 4.74 Å². The third-order valence-corrected chi connectivity index (χ3v) is 6.95. The number of unbranched alkanes of at least 4 members (excludes halogenated alkanes) is 3. The Morgan fingerprint density at radius 2 is 1.76 bits per heavy atom. The van der Waals surface area contributed by atoms with E-state index in [1.54, 1.807) is 0 Å². The molecule has 0 amide bonds. The molecular formula is C27H39NO. The lowest BCUT2D eigenvalue weighted by Gasteiger charge is -2.33. The average molecular weight is 394 g/mol. The first-order valence-electron chi connectivity index (χ1n) is 11.9. The molecule has 1 aliphatic rings. The predicted octanol–water partition coefficient (Wildman–Crippen LogP) is 8.03. The van der Waals surface area contributed by atoms with Gasteiger partial charge in [0, 0.05) is 18.0 Å².